The Bertz CT molecular complexity index is 1240. The molecule has 7 nitrogen and oxygen atoms in total. The number of para-hydroxylation sites is 1. The second kappa shape index (κ2) is 10.5. The molecule has 170 valence electrons. The summed E-state index contributed by atoms with van der Waals surface area (Å²) in [4.78, 5) is 31.8. The summed E-state index contributed by atoms with van der Waals surface area (Å²) in [5.41, 5.74) is 0.948. The number of hydrogen-bond donors (Lipinski definition) is 2. The first-order valence-electron chi connectivity index (χ1n) is 11.2. The van der Waals surface area contributed by atoms with Crippen LogP contribution in [-0.4, -0.2) is 28.0 Å². The van der Waals surface area contributed by atoms with E-state index in [2.05, 4.69) is 15.3 Å². The number of nitriles is 1. The van der Waals surface area contributed by atoms with Crippen LogP contribution in [0.25, 0.3) is 10.9 Å². The van der Waals surface area contributed by atoms with Gasteiger partial charge in [0.1, 0.15) is 17.6 Å². The molecule has 2 N–H and O–H groups in total. The Morgan fingerprint density at radius 1 is 1.21 bits per heavy atom. The topological polar surface area (TPSA) is 108 Å². The number of amides is 1. The SMILES string of the molecule is N#Cc1ccc(OC2CCC(NC(=O)CCCc3nc4ccccc4c(=O)[nH]3)CC2)cc1Cl. The van der Waals surface area contributed by atoms with E-state index in [1.807, 2.05) is 24.3 Å². The van der Waals surface area contributed by atoms with E-state index < -0.39 is 0 Å². The lowest BCUT2D eigenvalue weighted by Gasteiger charge is -2.29. The first kappa shape index (κ1) is 22.8. The molecule has 0 radical (unpaired) electrons. The van der Waals surface area contributed by atoms with Gasteiger partial charge in [0.25, 0.3) is 5.56 Å². The lowest BCUT2D eigenvalue weighted by Crippen LogP contribution is -2.39. The number of benzene rings is 2. The van der Waals surface area contributed by atoms with E-state index in [4.69, 9.17) is 21.6 Å². The zero-order valence-corrected chi connectivity index (χ0v) is 18.9. The summed E-state index contributed by atoms with van der Waals surface area (Å²) in [6, 6.07) is 14.5. The van der Waals surface area contributed by atoms with Gasteiger partial charge in [-0.3, -0.25) is 9.59 Å². The monoisotopic (exact) mass is 464 g/mol. The predicted molar refractivity (Wildman–Crippen MR) is 126 cm³/mol. The van der Waals surface area contributed by atoms with Crippen molar-refractivity contribution in [2.75, 3.05) is 0 Å². The van der Waals surface area contributed by atoms with Crippen LogP contribution >= 0.6 is 11.6 Å². The number of carbonyl (C=O) groups is 1. The number of nitrogens with one attached hydrogen (secondary N) is 2. The number of ether oxygens (including phenoxy) is 1. The molecule has 1 amide bonds. The van der Waals surface area contributed by atoms with E-state index in [-0.39, 0.29) is 23.6 Å². The summed E-state index contributed by atoms with van der Waals surface area (Å²) >= 11 is 6.07. The third-order valence-corrected chi connectivity index (χ3v) is 6.20. The van der Waals surface area contributed by atoms with E-state index >= 15 is 0 Å². The zero-order valence-electron chi connectivity index (χ0n) is 18.1. The molecule has 1 heterocycles. The van der Waals surface area contributed by atoms with Crippen LogP contribution in [0.2, 0.25) is 5.02 Å². The number of nitrogens with zero attached hydrogens (tertiary/aromatic N) is 2. The smallest absolute Gasteiger partial charge is 0.258 e. The molecule has 1 aromatic heterocycles. The maximum atomic E-state index is 12.4. The first-order chi connectivity index (χ1) is 16.0. The van der Waals surface area contributed by atoms with Crippen molar-refractivity contribution in [2.24, 2.45) is 0 Å². The van der Waals surface area contributed by atoms with Crippen LogP contribution in [-0.2, 0) is 11.2 Å². The van der Waals surface area contributed by atoms with Crippen molar-refractivity contribution in [1.29, 1.82) is 5.26 Å². The minimum atomic E-state index is -0.151. The van der Waals surface area contributed by atoms with Crippen LogP contribution in [0.15, 0.2) is 47.3 Å². The Balaban J connectivity index is 1.19. The predicted octanol–water partition coefficient (Wildman–Crippen LogP) is 4.28. The van der Waals surface area contributed by atoms with Gasteiger partial charge in [-0.05, 0) is 56.4 Å². The number of aromatic amines is 1. The second-order valence-corrected chi connectivity index (χ2v) is 8.70. The molecular formula is C25H25ClN4O3. The number of aryl methyl sites for hydroxylation is 1. The summed E-state index contributed by atoms with van der Waals surface area (Å²) in [5.74, 6) is 1.28. The number of fused-ring (bicyclic) bond motifs is 1. The molecule has 0 bridgehead atoms. The Kier molecular flexibility index (Phi) is 7.26. The number of rotatable bonds is 7. The molecule has 0 saturated heterocycles. The molecule has 33 heavy (non-hydrogen) atoms. The molecular weight excluding hydrogens is 440 g/mol. The Labute approximate surface area is 196 Å². The van der Waals surface area contributed by atoms with Gasteiger partial charge in [-0.2, -0.15) is 5.26 Å². The number of hydrogen-bond acceptors (Lipinski definition) is 5. The second-order valence-electron chi connectivity index (χ2n) is 8.30. The standard InChI is InChI=1S/C25H25ClN4O3/c26-21-14-19(11-8-16(21)15-27)33-18-12-9-17(10-13-18)28-24(31)7-3-6-23-29-22-5-2-1-4-20(22)25(32)30-23/h1-2,4-5,8,11,14,17-18H,3,6-7,9-10,12-13H2,(H,28,31)(H,29,30,32). The number of halogens is 1. The van der Waals surface area contributed by atoms with Gasteiger partial charge in [-0.1, -0.05) is 23.7 Å². The van der Waals surface area contributed by atoms with Crippen molar-refractivity contribution in [3.63, 3.8) is 0 Å². The molecule has 2 aromatic carbocycles. The summed E-state index contributed by atoms with van der Waals surface area (Å²) in [7, 11) is 0. The summed E-state index contributed by atoms with van der Waals surface area (Å²) in [5, 5.41) is 13.0. The molecule has 8 heteroatoms. The fourth-order valence-electron chi connectivity index (χ4n) is 4.15. The van der Waals surface area contributed by atoms with Crippen molar-refractivity contribution >= 4 is 28.4 Å². The minimum Gasteiger partial charge on any atom is -0.490 e. The molecule has 0 unspecified atom stereocenters. The number of aromatic nitrogens is 2. The molecule has 1 aliphatic carbocycles. The summed E-state index contributed by atoms with van der Waals surface area (Å²) < 4.78 is 6.00. The van der Waals surface area contributed by atoms with Crippen LogP contribution < -0.4 is 15.6 Å². The van der Waals surface area contributed by atoms with Crippen molar-refractivity contribution in [1.82, 2.24) is 15.3 Å². The van der Waals surface area contributed by atoms with Crippen LogP contribution in [0, 0.1) is 11.3 Å². The highest BCUT2D eigenvalue weighted by Gasteiger charge is 2.23. The number of carbonyl (C=O) groups excluding carboxylic acids is 1. The van der Waals surface area contributed by atoms with Crippen LogP contribution in [0.3, 0.4) is 0 Å². The molecule has 0 atom stereocenters. The van der Waals surface area contributed by atoms with E-state index in [1.54, 1.807) is 24.3 Å². The van der Waals surface area contributed by atoms with E-state index in [1.165, 1.54) is 0 Å². The van der Waals surface area contributed by atoms with Crippen LogP contribution in [0.1, 0.15) is 49.9 Å². The maximum Gasteiger partial charge on any atom is 0.258 e. The highest BCUT2D eigenvalue weighted by Crippen LogP contribution is 2.27. The quantitative estimate of drug-likeness (QED) is 0.542. The van der Waals surface area contributed by atoms with Gasteiger partial charge in [0.15, 0.2) is 0 Å². The van der Waals surface area contributed by atoms with Gasteiger partial charge in [0.05, 0.1) is 27.6 Å². The zero-order chi connectivity index (χ0) is 23.2. The lowest BCUT2D eigenvalue weighted by atomic mass is 9.92. The van der Waals surface area contributed by atoms with Crippen LogP contribution in [0.4, 0.5) is 0 Å². The fourth-order valence-corrected chi connectivity index (χ4v) is 4.36. The average molecular weight is 465 g/mol. The summed E-state index contributed by atoms with van der Waals surface area (Å²) in [6.45, 7) is 0. The molecule has 1 saturated carbocycles. The fraction of sp³-hybridized carbons (Fsp3) is 0.360. The largest absolute Gasteiger partial charge is 0.490 e. The minimum absolute atomic E-state index is 0.0152. The molecule has 0 aliphatic heterocycles. The lowest BCUT2D eigenvalue weighted by molar-refractivity contribution is -0.122. The summed E-state index contributed by atoms with van der Waals surface area (Å²) in [6.07, 6.45) is 4.98. The Morgan fingerprint density at radius 2 is 2.00 bits per heavy atom. The highest BCUT2D eigenvalue weighted by atomic mass is 35.5. The van der Waals surface area contributed by atoms with Crippen LogP contribution in [0.5, 0.6) is 5.75 Å². The van der Waals surface area contributed by atoms with Crippen molar-refractivity contribution < 1.29 is 9.53 Å². The maximum absolute atomic E-state index is 12.4. The van der Waals surface area contributed by atoms with Gasteiger partial charge >= 0.3 is 0 Å². The highest BCUT2D eigenvalue weighted by molar-refractivity contribution is 6.31. The van der Waals surface area contributed by atoms with E-state index in [0.717, 1.165) is 25.7 Å². The molecule has 1 fully saturated rings. The van der Waals surface area contributed by atoms with Crippen molar-refractivity contribution in [3.05, 3.63) is 69.2 Å². The van der Waals surface area contributed by atoms with Gasteiger partial charge in [0.2, 0.25) is 5.91 Å². The number of H-pyrrole nitrogens is 1. The average Bonchev–Trinajstić information content (AvgIpc) is 2.81. The van der Waals surface area contributed by atoms with Gasteiger partial charge < -0.3 is 15.0 Å². The Morgan fingerprint density at radius 3 is 2.76 bits per heavy atom. The van der Waals surface area contributed by atoms with E-state index in [0.29, 0.717) is 52.3 Å². The molecule has 3 aromatic rings. The van der Waals surface area contributed by atoms with Gasteiger partial charge in [-0.15, -0.1) is 0 Å². The third-order valence-electron chi connectivity index (χ3n) is 5.88. The molecule has 0 spiro atoms. The molecule has 1 aliphatic rings. The first-order valence-corrected chi connectivity index (χ1v) is 11.5. The molecule has 4 rings (SSSR count). The van der Waals surface area contributed by atoms with Gasteiger partial charge in [0, 0.05) is 24.9 Å². The van der Waals surface area contributed by atoms with E-state index in [9.17, 15) is 9.59 Å². The van der Waals surface area contributed by atoms with Gasteiger partial charge in [-0.25, -0.2) is 4.98 Å². The van der Waals surface area contributed by atoms with Crippen molar-refractivity contribution in [3.8, 4) is 11.8 Å². The van der Waals surface area contributed by atoms with Crippen molar-refractivity contribution in [2.45, 2.75) is 57.1 Å². The third kappa shape index (κ3) is 5.91. The normalized spacial score (nSPS) is 17.9. The Hall–Kier alpha value is -3.37.